The summed E-state index contributed by atoms with van der Waals surface area (Å²) < 4.78 is 0. The van der Waals surface area contributed by atoms with Crippen molar-refractivity contribution in [3.8, 4) is 0 Å². The van der Waals surface area contributed by atoms with Gasteiger partial charge in [-0.05, 0) is 6.07 Å². The highest BCUT2D eigenvalue weighted by molar-refractivity contribution is 8.07. The zero-order valence-corrected chi connectivity index (χ0v) is 10.9. The van der Waals surface area contributed by atoms with Crippen LogP contribution in [0.2, 0.25) is 0 Å². The number of hydrogen-bond donors (Lipinski definition) is 0. The molecule has 3 atom stereocenters. The maximum absolute atomic E-state index is 10.7. The summed E-state index contributed by atoms with van der Waals surface area (Å²) in [4.78, 5) is 19.2. The summed E-state index contributed by atoms with van der Waals surface area (Å²) in [6.45, 7) is 4.49. The standard InChI is InChI=1S/C11H14N2OS2/c1-7-8(2)16-10(6-15-7)11-12-4-3-9(5-14)13-11/h3-5,7-8,10H,6H2,1-2H3. The van der Waals surface area contributed by atoms with E-state index in [1.54, 1.807) is 12.3 Å². The van der Waals surface area contributed by atoms with E-state index in [2.05, 4.69) is 23.8 Å². The predicted octanol–water partition coefficient (Wildman–Crippen LogP) is 2.59. The van der Waals surface area contributed by atoms with Crippen LogP contribution in [0, 0.1) is 0 Å². The molecule has 3 nitrogen and oxygen atoms in total. The fraction of sp³-hybridized carbons (Fsp3) is 0.545. The number of carbonyl (C=O) groups is 1. The highest BCUT2D eigenvalue weighted by Gasteiger charge is 2.28. The number of carbonyl (C=O) groups excluding carboxylic acids is 1. The van der Waals surface area contributed by atoms with Gasteiger partial charge in [0.25, 0.3) is 0 Å². The molecule has 5 heteroatoms. The lowest BCUT2D eigenvalue weighted by Crippen LogP contribution is -2.23. The Morgan fingerprint density at radius 2 is 2.25 bits per heavy atom. The molecule has 1 fully saturated rings. The minimum Gasteiger partial charge on any atom is -0.296 e. The second kappa shape index (κ2) is 5.19. The van der Waals surface area contributed by atoms with Crippen LogP contribution in [-0.2, 0) is 0 Å². The molecule has 0 amide bonds. The second-order valence-corrected chi connectivity index (χ2v) is 6.82. The summed E-state index contributed by atoms with van der Waals surface area (Å²) in [6, 6.07) is 1.64. The van der Waals surface area contributed by atoms with Crippen LogP contribution in [0.1, 0.15) is 35.4 Å². The lowest BCUT2D eigenvalue weighted by molar-refractivity contribution is 0.111. The molecule has 0 aliphatic carbocycles. The number of aromatic nitrogens is 2. The van der Waals surface area contributed by atoms with Crippen LogP contribution in [0.3, 0.4) is 0 Å². The molecule has 0 bridgehead atoms. The van der Waals surface area contributed by atoms with Crippen molar-refractivity contribution in [2.24, 2.45) is 0 Å². The Kier molecular flexibility index (Phi) is 3.86. The molecule has 1 saturated heterocycles. The Bertz CT molecular complexity index is 386. The van der Waals surface area contributed by atoms with Gasteiger partial charge in [-0.1, -0.05) is 13.8 Å². The molecular weight excluding hydrogens is 240 g/mol. The Morgan fingerprint density at radius 3 is 2.94 bits per heavy atom. The summed E-state index contributed by atoms with van der Waals surface area (Å²) in [5.74, 6) is 1.82. The van der Waals surface area contributed by atoms with E-state index in [-0.39, 0.29) is 0 Å². The van der Waals surface area contributed by atoms with E-state index in [1.807, 2.05) is 23.5 Å². The average molecular weight is 254 g/mol. The number of aldehydes is 1. The smallest absolute Gasteiger partial charge is 0.168 e. The van der Waals surface area contributed by atoms with Crippen molar-refractivity contribution in [2.75, 3.05) is 5.75 Å². The molecule has 1 aromatic heterocycles. The van der Waals surface area contributed by atoms with Crippen LogP contribution < -0.4 is 0 Å². The molecule has 0 radical (unpaired) electrons. The van der Waals surface area contributed by atoms with E-state index >= 15 is 0 Å². The van der Waals surface area contributed by atoms with Crippen LogP contribution in [0.15, 0.2) is 12.3 Å². The minimum atomic E-state index is 0.316. The average Bonchev–Trinajstić information content (AvgIpc) is 2.33. The molecule has 0 spiro atoms. The van der Waals surface area contributed by atoms with Gasteiger partial charge in [0.2, 0.25) is 0 Å². The molecule has 1 aromatic rings. The van der Waals surface area contributed by atoms with Crippen molar-refractivity contribution in [3.63, 3.8) is 0 Å². The van der Waals surface area contributed by atoms with E-state index in [0.29, 0.717) is 21.4 Å². The summed E-state index contributed by atoms with van der Waals surface area (Å²) in [5, 5.41) is 1.60. The summed E-state index contributed by atoms with van der Waals surface area (Å²) in [7, 11) is 0. The molecule has 0 N–H and O–H groups in total. The van der Waals surface area contributed by atoms with Crippen LogP contribution in [0.25, 0.3) is 0 Å². The monoisotopic (exact) mass is 254 g/mol. The van der Waals surface area contributed by atoms with E-state index in [9.17, 15) is 4.79 Å². The zero-order chi connectivity index (χ0) is 11.5. The van der Waals surface area contributed by atoms with Crippen molar-refractivity contribution < 1.29 is 4.79 Å². The van der Waals surface area contributed by atoms with Gasteiger partial charge in [0, 0.05) is 22.4 Å². The summed E-state index contributed by atoms with van der Waals surface area (Å²) >= 11 is 3.86. The molecule has 1 aliphatic heterocycles. The fourth-order valence-electron chi connectivity index (χ4n) is 1.53. The SMILES string of the molecule is CC1SCC(c2nccc(C=O)n2)SC1C. The van der Waals surface area contributed by atoms with Gasteiger partial charge in [-0.25, -0.2) is 9.97 Å². The molecule has 1 aliphatic rings. The van der Waals surface area contributed by atoms with Gasteiger partial charge in [-0.2, -0.15) is 11.8 Å². The number of hydrogen-bond acceptors (Lipinski definition) is 5. The molecule has 86 valence electrons. The third kappa shape index (κ3) is 2.58. The quantitative estimate of drug-likeness (QED) is 0.759. The van der Waals surface area contributed by atoms with Crippen LogP contribution >= 0.6 is 23.5 Å². The van der Waals surface area contributed by atoms with E-state index < -0.39 is 0 Å². The first-order chi connectivity index (χ1) is 7.70. The lowest BCUT2D eigenvalue weighted by Gasteiger charge is -2.30. The molecule has 0 aromatic carbocycles. The maximum atomic E-state index is 10.7. The van der Waals surface area contributed by atoms with Gasteiger partial charge in [0.05, 0.1) is 5.25 Å². The van der Waals surface area contributed by atoms with Crippen molar-refractivity contribution in [2.45, 2.75) is 29.6 Å². The van der Waals surface area contributed by atoms with Gasteiger partial charge in [0.15, 0.2) is 6.29 Å². The van der Waals surface area contributed by atoms with Gasteiger partial charge >= 0.3 is 0 Å². The van der Waals surface area contributed by atoms with Crippen molar-refractivity contribution in [1.82, 2.24) is 9.97 Å². The van der Waals surface area contributed by atoms with E-state index in [0.717, 1.165) is 17.9 Å². The van der Waals surface area contributed by atoms with Gasteiger partial charge < -0.3 is 0 Å². The Hall–Kier alpha value is -0.550. The number of nitrogens with zero attached hydrogens (tertiary/aromatic N) is 2. The van der Waals surface area contributed by atoms with E-state index in [4.69, 9.17) is 0 Å². The Morgan fingerprint density at radius 1 is 1.44 bits per heavy atom. The zero-order valence-electron chi connectivity index (χ0n) is 9.29. The number of thioether (sulfide) groups is 2. The minimum absolute atomic E-state index is 0.316. The number of rotatable bonds is 2. The van der Waals surface area contributed by atoms with Gasteiger partial charge in [-0.15, -0.1) is 11.8 Å². The normalized spacial score (nSPS) is 30.0. The third-order valence-corrected chi connectivity index (χ3v) is 6.04. The van der Waals surface area contributed by atoms with Crippen molar-refractivity contribution >= 4 is 29.8 Å². The first kappa shape index (κ1) is 11.9. The van der Waals surface area contributed by atoms with Crippen molar-refractivity contribution in [1.29, 1.82) is 0 Å². The highest BCUT2D eigenvalue weighted by atomic mass is 32.2. The second-order valence-electron chi connectivity index (χ2n) is 3.83. The highest BCUT2D eigenvalue weighted by Crippen LogP contribution is 2.42. The largest absolute Gasteiger partial charge is 0.296 e. The van der Waals surface area contributed by atoms with Crippen LogP contribution in [0.5, 0.6) is 0 Å². The fourth-order valence-corrected chi connectivity index (χ4v) is 4.38. The summed E-state index contributed by atoms with van der Waals surface area (Å²) in [6.07, 6.45) is 2.44. The molecular formula is C11H14N2OS2. The third-order valence-electron chi connectivity index (χ3n) is 2.65. The maximum Gasteiger partial charge on any atom is 0.168 e. The molecule has 16 heavy (non-hydrogen) atoms. The first-order valence-electron chi connectivity index (χ1n) is 5.26. The van der Waals surface area contributed by atoms with Gasteiger partial charge in [-0.3, -0.25) is 4.79 Å². The van der Waals surface area contributed by atoms with Crippen LogP contribution in [-0.4, -0.2) is 32.5 Å². The molecule has 2 heterocycles. The molecule has 2 rings (SSSR count). The van der Waals surface area contributed by atoms with Crippen molar-refractivity contribution in [3.05, 3.63) is 23.8 Å². The van der Waals surface area contributed by atoms with Gasteiger partial charge in [0.1, 0.15) is 11.5 Å². The Labute approximate surface area is 104 Å². The topological polar surface area (TPSA) is 42.9 Å². The molecule has 0 saturated carbocycles. The Balaban J connectivity index is 2.15. The molecule has 3 unspecified atom stereocenters. The van der Waals surface area contributed by atoms with Crippen LogP contribution in [0.4, 0.5) is 0 Å². The predicted molar refractivity (Wildman–Crippen MR) is 69.1 cm³/mol. The van der Waals surface area contributed by atoms with E-state index in [1.165, 1.54) is 0 Å². The first-order valence-corrected chi connectivity index (χ1v) is 7.25. The lowest BCUT2D eigenvalue weighted by atomic mass is 10.3. The summed E-state index contributed by atoms with van der Waals surface area (Å²) in [5.41, 5.74) is 0.474.